The number of nitrogens with zero attached hydrogens (tertiary/aromatic N) is 4. The highest BCUT2D eigenvalue weighted by molar-refractivity contribution is 7.22. The van der Waals surface area contributed by atoms with Gasteiger partial charge in [0.05, 0.1) is 21.6 Å². The van der Waals surface area contributed by atoms with E-state index in [1.807, 2.05) is 31.2 Å². The van der Waals surface area contributed by atoms with Crippen molar-refractivity contribution in [2.24, 2.45) is 5.10 Å². The van der Waals surface area contributed by atoms with Gasteiger partial charge in [-0.15, -0.1) is 11.3 Å². The van der Waals surface area contributed by atoms with E-state index in [0.717, 1.165) is 32.1 Å². The molecular weight excluding hydrogens is 349 g/mol. The van der Waals surface area contributed by atoms with E-state index in [1.165, 1.54) is 29.8 Å². The molecule has 3 heterocycles. The molecular formula is C19H14FN5S. The number of anilines is 1. The Labute approximate surface area is 153 Å². The number of nitrogens with one attached hydrogen (secondary N) is 1. The summed E-state index contributed by atoms with van der Waals surface area (Å²) < 4.78 is 14.0. The Morgan fingerprint density at radius 1 is 1.08 bits per heavy atom. The second kappa shape index (κ2) is 6.97. The SMILES string of the molecule is C/C(=N\Nc1ncnc2cc(-c3ccc(F)cc3)sc12)c1ccccn1. The zero-order chi connectivity index (χ0) is 17.9. The first-order valence-corrected chi connectivity index (χ1v) is 8.74. The first kappa shape index (κ1) is 16.3. The molecule has 4 aromatic rings. The third-order valence-electron chi connectivity index (χ3n) is 3.81. The zero-order valence-corrected chi connectivity index (χ0v) is 14.7. The Kier molecular flexibility index (Phi) is 4.37. The average molecular weight is 363 g/mol. The van der Waals surface area contributed by atoms with Crippen LogP contribution >= 0.6 is 11.3 Å². The molecule has 0 spiro atoms. The monoisotopic (exact) mass is 363 g/mol. The van der Waals surface area contributed by atoms with Crippen LogP contribution in [0.3, 0.4) is 0 Å². The molecule has 0 aliphatic rings. The molecule has 5 nitrogen and oxygen atoms in total. The van der Waals surface area contributed by atoms with Gasteiger partial charge in [-0.2, -0.15) is 5.10 Å². The number of hydrazone groups is 1. The fourth-order valence-corrected chi connectivity index (χ4v) is 3.52. The second-order valence-electron chi connectivity index (χ2n) is 5.58. The highest BCUT2D eigenvalue weighted by atomic mass is 32.1. The van der Waals surface area contributed by atoms with Crippen LogP contribution in [0.15, 0.2) is 66.2 Å². The number of aromatic nitrogens is 3. The van der Waals surface area contributed by atoms with Crippen LogP contribution in [-0.2, 0) is 0 Å². The summed E-state index contributed by atoms with van der Waals surface area (Å²) in [5.41, 5.74) is 6.31. The second-order valence-corrected chi connectivity index (χ2v) is 6.63. The molecule has 0 aliphatic heterocycles. The summed E-state index contributed by atoms with van der Waals surface area (Å²) in [4.78, 5) is 13.9. The Morgan fingerprint density at radius 2 is 1.92 bits per heavy atom. The van der Waals surface area contributed by atoms with Gasteiger partial charge in [-0.25, -0.2) is 14.4 Å². The predicted octanol–water partition coefficient (Wildman–Crippen LogP) is 4.73. The van der Waals surface area contributed by atoms with Gasteiger partial charge in [0.1, 0.15) is 12.1 Å². The summed E-state index contributed by atoms with van der Waals surface area (Å²) in [6.45, 7) is 1.88. The van der Waals surface area contributed by atoms with E-state index in [9.17, 15) is 4.39 Å². The standard InChI is InChI=1S/C19H14FN5S/c1-12(15-4-2-3-9-21-15)24-25-19-18-16(22-11-23-19)10-17(26-18)13-5-7-14(20)8-6-13/h2-11H,1H3,(H,22,23,25)/b24-12+. The normalized spacial score (nSPS) is 11.7. The van der Waals surface area contributed by atoms with Crippen LogP contribution in [0.25, 0.3) is 20.7 Å². The fourth-order valence-electron chi connectivity index (χ4n) is 2.46. The Balaban J connectivity index is 1.67. The molecule has 0 unspecified atom stereocenters. The summed E-state index contributed by atoms with van der Waals surface area (Å²) >= 11 is 1.54. The summed E-state index contributed by atoms with van der Waals surface area (Å²) in [5, 5.41) is 4.38. The van der Waals surface area contributed by atoms with Crippen molar-refractivity contribution in [2.45, 2.75) is 6.92 Å². The van der Waals surface area contributed by atoms with Crippen LogP contribution in [0.1, 0.15) is 12.6 Å². The Morgan fingerprint density at radius 3 is 2.69 bits per heavy atom. The first-order valence-electron chi connectivity index (χ1n) is 7.93. The van der Waals surface area contributed by atoms with Gasteiger partial charge in [0, 0.05) is 11.1 Å². The van der Waals surface area contributed by atoms with Crippen molar-refractivity contribution in [3.8, 4) is 10.4 Å². The lowest BCUT2D eigenvalue weighted by Gasteiger charge is -2.03. The molecule has 1 N–H and O–H groups in total. The van der Waals surface area contributed by atoms with Crippen LogP contribution in [0.2, 0.25) is 0 Å². The highest BCUT2D eigenvalue weighted by Gasteiger charge is 2.10. The third kappa shape index (κ3) is 3.29. The number of fused-ring (bicyclic) bond motifs is 1. The molecule has 26 heavy (non-hydrogen) atoms. The van der Waals surface area contributed by atoms with E-state index < -0.39 is 0 Å². The maximum Gasteiger partial charge on any atom is 0.167 e. The van der Waals surface area contributed by atoms with Gasteiger partial charge >= 0.3 is 0 Å². The molecule has 0 radical (unpaired) electrons. The number of hydrogen-bond donors (Lipinski definition) is 1. The highest BCUT2D eigenvalue weighted by Crippen LogP contribution is 2.35. The van der Waals surface area contributed by atoms with E-state index in [1.54, 1.807) is 18.3 Å². The van der Waals surface area contributed by atoms with Crippen LogP contribution in [0, 0.1) is 5.82 Å². The average Bonchev–Trinajstić information content (AvgIpc) is 3.12. The van der Waals surface area contributed by atoms with Crippen molar-refractivity contribution in [2.75, 3.05) is 5.43 Å². The number of rotatable bonds is 4. The predicted molar refractivity (Wildman–Crippen MR) is 103 cm³/mol. The number of benzene rings is 1. The molecule has 0 saturated heterocycles. The molecule has 128 valence electrons. The van der Waals surface area contributed by atoms with Gasteiger partial charge in [-0.3, -0.25) is 10.4 Å². The van der Waals surface area contributed by atoms with Gasteiger partial charge in [-0.1, -0.05) is 18.2 Å². The number of pyridine rings is 1. The fraction of sp³-hybridized carbons (Fsp3) is 0.0526. The minimum Gasteiger partial charge on any atom is -0.260 e. The molecule has 0 bridgehead atoms. The number of hydrogen-bond acceptors (Lipinski definition) is 6. The summed E-state index contributed by atoms with van der Waals surface area (Å²) in [7, 11) is 0. The van der Waals surface area contributed by atoms with Crippen molar-refractivity contribution in [1.82, 2.24) is 15.0 Å². The van der Waals surface area contributed by atoms with Crippen LogP contribution in [-0.4, -0.2) is 20.7 Å². The minimum atomic E-state index is -0.253. The van der Waals surface area contributed by atoms with E-state index >= 15 is 0 Å². The largest absolute Gasteiger partial charge is 0.260 e. The third-order valence-corrected chi connectivity index (χ3v) is 4.99. The van der Waals surface area contributed by atoms with Crippen LogP contribution in [0.4, 0.5) is 10.2 Å². The van der Waals surface area contributed by atoms with Gasteiger partial charge in [0.2, 0.25) is 0 Å². The number of thiophene rings is 1. The van der Waals surface area contributed by atoms with Crippen molar-refractivity contribution in [3.63, 3.8) is 0 Å². The van der Waals surface area contributed by atoms with Crippen LogP contribution in [0.5, 0.6) is 0 Å². The van der Waals surface area contributed by atoms with Crippen LogP contribution < -0.4 is 5.43 Å². The van der Waals surface area contributed by atoms with Crippen molar-refractivity contribution in [1.29, 1.82) is 0 Å². The van der Waals surface area contributed by atoms with Gasteiger partial charge in [0.25, 0.3) is 0 Å². The lowest BCUT2D eigenvalue weighted by atomic mass is 10.2. The first-order chi connectivity index (χ1) is 12.7. The molecule has 0 amide bonds. The molecule has 3 aromatic heterocycles. The Bertz CT molecular complexity index is 1070. The zero-order valence-electron chi connectivity index (χ0n) is 13.8. The smallest absolute Gasteiger partial charge is 0.167 e. The molecule has 0 saturated carbocycles. The molecule has 4 rings (SSSR count). The van der Waals surface area contributed by atoms with Gasteiger partial charge < -0.3 is 0 Å². The van der Waals surface area contributed by atoms with Crippen molar-refractivity contribution < 1.29 is 4.39 Å². The summed E-state index contributed by atoms with van der Waals surface area (Å²) in [6.07, 6.45) is 3.23. The lowest BCUT2D eigenvalue weighted by Crippen LogP contribution is -2.02. The van der Waals surface area contributed by atoms with E-state index in [-0.39, 0.29) is 5.82 Å². The topological polar surface area (TPSA) is 63.1 Å². The maximum atomic E-state index is 13.1. The summed E-state index contributed by atoms with van der Waals surface area (Å²) in [6, 6.07) is 14.0. The van der Waals surface area contributed by atoms with Gasteiger partial charge in [-0.05, 0) is 42.8 Å². The molecule has 0 aliphatic carbocycles. The number of halogens is 1. The van der Waals surface area contributed by atoms with Gasteiger partial charge in [0.15, 0.2) is 5.82 Å². The quantitative estimate of drug-likeness (QED) is 0.421. The summed E-state index contributed by atoms with van der Waals surface area (Å²) in [5.74, 6) is 0.375. The van der Waals surface area contributed by atoms with E-state index in [4.69, 9.17) is 0 Å². The lowest BCUT2D eigenvalue weighted by molar-refractivity contribution is 0.628. The molecule has 0 fully saturated rings. The maximum absolute atomic E-state index is 13.1. The van der Waals surface area contributed by atoms with Crippen molar-refractivity contribution in [3.05, 3.63) is 72.6 Å². The molecule has 1 aromatic carbocycles. The van der Waals surface area contributed by atoms with E-state index in [2.05, 4.69) is 25.5 Å². The Hall–Kier alpha value is -3.19. The van der Waals surface area contributed by atoms with E-state index in [0.29, 0.717) is 5.82 Å². The van der Waals surface area contributed by atoms with Crippen molar-refractivity contribution >= 4 is 33.1 Å². The minimum absolute atomic E-state index is 0.253. The molecule has 7 heteroatoms. The molecule has 0 atom stereocenters.